The third-order valence-electron chi connectivity index (χ3n) is 4.57. The van der Waals surface area contributed by atoms with Gasteiger partial charge in [-0.25, -0.2) is 4.68 Å². The highest BCUT2D eigenvalue weighted by atomic mass is 16.5. The SMILES string of the molecule is COC[C@H]1C[C@H](OC)CN1c1cc(NC(C)=O)nc(-n2nc(C)cc2C)n1. The second-order valence-corrected chi connectivity index (χ2v) is 6.79. The van der Waals surface area contributed by atoms with Crippen LogP contribution in [0.4, 0.5) is 11.6 Å². The molecular formula is C18H26N6O3. The average molecular weight is 374 g/mol. The first kappa shape index (κ1) is 19.2. The number of nitrogens with one attached hydrogen (secondary N) is 1. The van der Waals surface area contributed by atoms with Crippen molar-refractivity contribution in [3.8, 4) is 5.95 Å². The lowest BCUT2D eigenvalue weighted by Gasteiger charge is -2.25. The van der Waals surface area contributed by atoms with Crippen LogP contribution in [0.25, 0.3) is 5.95 Å². The summed E-state index contributed by atoms with van der Waals surface area (Å²) >= 11 is 0. The maximum absolute atomic E-state index is 11.6. The van der Waals surface area contributed by atoms with Crippen molar-refractivity contribution in [3.05, 3.63) is 23.5 Å². The first-order chi connectivity index (χ1) is 12.9. The van der Waals surface area contributed by atoms with Gasteiger partial charge in [-0.15, -0.1) is 0 Å². The molecule has 1 N–H and O–H groups in total. The fraction of sp³-hybridized carbons (Fsp3) is 0.556. The number of amides is 1. The molecule has 9 heteroatoms. The van der Waals surface area contributed by atoms with Crippen molar-refractivity contribution in [3.63, 3.8) is 0 Å². The predicted molar refractivity (Wildman–Crippen MR) is 101 cm³/mol. The zero-order chi connectivity index (χ0) is 19.6. The minimum atomic E-state index is -0.191. The van der Waals surface area contributed by atoms with E-state index in [1.54, 1.807) is 25.0 Å². The van der Waals surface area contributed by atoms with Gasteiger partial charge in [0.25, 0.3) is 5.95 Å². The lowest BCUT2D eigenvalue weighted by atomic mass is 10.2. The number of methoxy groups -OCH3 is 2. The average Bonchev–Trinajstić information content (AvgIpc) is 3.17. The molecule has 0 aliphatic carbocycles. The van der Waals surface area contributed by atoms with Gasteiger partial charge < -0.3 is 19.7 Å². The zero-order valence-corrected chi connectivity index (χ0v) is 16.4. The molecule has 1 saturated heterocycles. The van der Waals surface area contributed by atoms with Crippen LogP contribution in [-0.2, 0) is 14.3 Å². The van der Waals surface area contributed by atoms with Crippen LogP contribution < -0.4 is 10.2 Å². The summed E-state index contributed by atoms with van der Waals surface area (Å²) in [6.45, 7) is 6.57. The zero-order valence-electron chi connectivity index (χ0n) is 16.4. The minimum Gasteiger partial charge on any atom is -0.383 e. The number of nitrogens with zero attached hydrogens (tertiary/aromatic N) is 5. The largest absolute Gasteiger partial charge is 0.383 e. The Morgan fingerprint density at radius 1 is 1.30 bits per heavy atom. The molecule has 2 aromatic heterocycles. The van der Waals surface area contributed by atoms with E-state index in [1.165, 1.54) is 6.92 Å². The van der Waals surface area contributed by atoms with Crippen molar-refractivity contribution < 1.29 is 14.3 Å². The van der Waals surface area contributed by atoms with E-state index in [-0.39, 0.29) is 18.1 Å². The Bertz CT molecular complexity index is 821. The van der Waals surface area contributed by atoms with Gasteiger partial charge in [0, 0.05) is 39.4 Å². The van der Waals surface area contributed by atoms with E-state index in [2.05, 4.69) is 20.3 Å². The number of rotatable bonds is 6. The van der Waals surface area contributed by atoms with Gasteiger partial charge in [-0.1, -0.05) is 0 Å². The van der Waals surface area contributed by atoms with Crippen LogP contribution in [0.5, 0.6) is 0 Å². The van der Waals surface area contributed by atoms with Crippen molar-refractivity contribution in [2.45, 2.75) is 39.3 Å². The van der Waals surface area contributed by atoms with Gasteiger partial charge in [-0.05, 0) is 26.3 Å². The maximum Gasteiger partial charge on any atom is 0.254 e. The smallest absolute Gasteiger partial charge is 0.254 e. The topological polar surface area (TPSA) is 94.4 Å². The second kappa shape index (κ2) is 8.01. The molecule has 146 valence electrons. The van der Waals surface area contributed by atoms with Crippen LogP contribution in [0, 0.1) is 13.8 Å². The number of hydrogen-bond acceptors (Lipinski definition) is 7. The number of carbonyl (C=O) groups excluding carboxylic acids is 1. The molecule has 2 atom stereocenters. The molecule has 27 heavy (non-hydrogen) atoms. The summed E-state index contributed by atoms with van der Waals surface area (Å²) in [5.74, 6) is 1.37. The summed E-state index contributed by atoms with van der Waals surface area (Å²) in [4.78, 5) is 22.9. The molecule has 9 nitrogen and oxygen atoms in total. The van der Waals surface area contributed by atoms with Gasteiger partial charge in [0.2, 0.25) is 5.91 Å². The van der Waals surface area contributed by atoms with E-state index in [4.69, 9.17) is 14.5 Å². The Morgan fingerprint density at radius 2 is 2.07 bits per heavy atom. The molecule has 1 aliphatic rings. The van der Waals surface area contributed by atoms with E-state index in [0.717, 1.165) is 17.8 Å². The number of hydrogen-bond donors (Lipinski definition) is 1. The van der Waals surface area contributed by atoms with Crippen molar-refractivity contribution >= 4 is 17.5 Å². The van der Waals surface area contributed by atoms with E-state index in [0.29, 0.717) is 30.7 Å². The number of anilines is 2. The fourth-order valence-corrected chi connectivity index (χ4v) is 3.42. The predicted octanol–water partition coefficient (Wildman–Crippen LogP) is 1.48. The molecule has 1 aliphatic heterocycles. The Balaban J connectivity index is 2.04. The normalized spacial score (nSPS) is 19.5. The summed E-state index contributed by atoms with van der Waals surface area (Å²) in [6, 6.07) is 3.86. The van der Waals surface area contributed by atoms with Gasteiger partial charge in [0.05, 0.1) is 24.4 Å². The van der Waals surface area contributed by atoms with Gasteiger partial charge >= 0.3 is 0 Å². The highest BCUT2D eigenvalue weighted by Gasteiger charge is 2.33. The second-order valence-electron chi connectivity index (χ2n) is 6.79. The standard InChI is InChI=1S/C18H26N6O3/c1-11-6-12(2)24(22-11)18-20-16(19-13(3)25)8-17(21-18)23-9-15(27-5)7-14(23)10-26-4/h6,8,14-15H,7,9-10H2,1-5H3,(H,19,20,21,25)/t14-,15+/m1/s1. The third kappa shape index (κ3) is 4.25. The molecule has 0 radical (unpaired) electrons. The van der Waals surface area contributed by atoms with Crippen LogP contribution >= 0.6 is 0 Å². The summed E-state index contributed by atoms with van der Waals surface area (Å²) in [6.07, 6.45) is 0.945. The van der Waals surface area contributed by atoms with Gasteiger partial charge in [0.1, 0.15) is 11.6 Å². The van der Waals surface area contributed by atoms with Crippen LogP contribution in [0.15, 0.2) is 12.1 Å². The molecule has 0 saturated carbocycles. The van der Waals surface area contributed by atoms with E-state index in [9.17, 15) is 4.79 Å². The Morgan fingerprint density at radius 3 is 2.67 bits per heavy atom. The Hall–Kier alpha value is -2.52. The number of aromatic nitrogens is 4. The van der Waals surface area contributed by atoms with E-state index >= 15 is 0 Å². The first-order valence-electron chi connectivity index (χ1n) is 8.90. The molecule has 0 aromatic carbocycles. The van der Waals surface area contributed by atoms with Crippen molar-refractivity contribution in [1.29, 1.82) is 0 Å². The third-order valence-corrected chi connectivity index (χ3v) is 4.57. The summed E-state index contributed by atoms with van der Waals surface area (Å²) in [5, 5.41) is 7.22. The highest BCUT2D eigenvalue weighted by Crippen LogP contribution is 2.28. The summed E-state index contributed by atoms with van der Waals surface area (Å²) < 4.78 is 12.6. The van der Waals surface area contributed by atoms with Crippen molar-refractivity contribution in [2.24, 2.45) is 0 Å². The lowest BCUT2D eigenvalue weighted by Crippen LogP contribution is -2.34. The molecule has 3 rings (SSSR count). The molecule has 2 aromatic rings. The van der Waals surface area contributed by atoms with Gasteiger partial charge in [-0.2, -0.15) is 15.1 Å². The first-order valence-corrected chi connectivity index (χ1v) is 8.90. The van der Waals surface area contributed by atoms with Gasteiger partial charge in [0.15, 0.2) is 0 Å². The molecular weight excluding hydrogens is 348 g/mol. The van der Waals surface area contributed by atoms with Gasteiger partial charge in [-0.3, -0.25) is 4.79 Å². The molecule has 0 spiro atoms. The molecule has 0 unspecified atom stereocenters. The molecule has 0 bridgehead atoms. The maximum atomic E-state index is 11.6. The summed E-state index contributed by atoms with van der Waals surface area (Å²) in [7, 11) is 3.39. The Labute approximate surface area is 158 Å². The van der Waals surface area contributed by atoms with E-state index < -0.39 is 0 Å². The van der Waals surface area contributed by atoms with Crippen LogP contribution in [0.2, 0.25) is 0 Å². The van der Waals surface area contributed by atoms with Crippen LogP contribution in [-0.4, -0.2) is 65.2 Å². The molecule has 1 amide bonds. The molecule has 1 fully saturated rings. The van der Waals surface area contributed by atoms with E-state index in [1.807, 2.05) is 19.9 Å². The van der Waals surface area contributed by atoms with Crippen molar-refractivity contribution in [1.82, 2.24) is 19.7 Å². The summed E-state index contributed by atoms with van der Waals surface area (Å²) in [5.41, 5.74) is 1.79. The number of carbonyl (C=O) groups is 1. The number of aryl methyl sites for hydroxylation is 2. The minimum absolute atomic E-state index is 0.0986. The fourth-order valence-electron chi connectivity index (χ4n) is 3.42. The van der Waals surface area contributed by atoms with Crippen molar-refractivity contribution in [2.75, 3.05) is 37.6 Å². The monoisotopic (exact) mass is 374 g/mol. The Kier molecular flexibility index (Phi) is 5.71. The highest BCUT2D eigenvalue weighted by molar-refractivity contribution is 5.88. The van der Waals surface area contributed by atoms with Crippen LogP contribution in [0.1, 0.15) is 24.7 Å². The lowest BCUT2D eigenvalue weighted by molar-refractivity contribution is -0.114. The molecule has 3 heterocycles. The number of ether oxygens (including phenoxy) is 2. The van der Waals surface area contributed by atoms with Crippen LogP contribution in [0.3, 0.4) is 0 Å². The quantitative estimate of drug-likeness (QED) is 0.818.